The van der Waals surface area contributed by atoms with Crippen molar-refractivity contribution >= 4 is 5.69 Å². The van der Waals surface area contributed by atoms with Crippen LogP contribution in [0.5, 0.6) is 0 Å². The highest BCUT2D eigenvalue weighted by molar-refractivity contribution is 5.48. The lowest BCUT2D eigenvalue weighted by molar-refractivity contribution is 0.152. The summed E-state index contributed by atoms with van der Waals surface area (Å²) in [5.74, 6) is 0. The minimum absolute atomic E-state index is 0.838. The molecule has 23 heavy (non-hydrogen) atoms. The summed E-state index contributed by atoms with van der Waals surface area (Å²) >= 11 is 0. The molecule has 2 aliphatic heterocycles. The highest BCUT2D eigenvalue weighted by Gasteiger charge is 2.23. The van der Waals surface area contributed by atoms with Crippen molar-refractivity contribution in [3.05, 3.63) is 29.8 Å². The van der Waals surface area contributed by atoms with Crippen molar-refractivity contribution in [2.24, 2.45) is 0 Å². The molecule has 1 aromatic carbocycles. The summed E-state index contributed by atoms with van der Waals surface area (Å²) in [5.41, 5.74) is 2.80. The minimum atomic E-state index is 0.838. The second-order valence-corrected chi connectivity index (χ2v) is 6.92. The summed E-state index contributed by atoms with van der Waals surface area (Å²) in [6.45, 7) is 7.33. The van der Waals surface area contributed by atoms with E-state index in [2.05, 4.69) is 45.7 Å². The number of methoxy groups -OCH3 is 1. The van der Waals surface area contributed by atoms with E-state index in [1.165, 1.54) is 76.0 Å². The molecule has 2 fully saturated rings. The van der Waals surface area contributed by atoms with Gasteiger partial charge in [-0.2, -0.15) is 0 Å². The Morgan fingerprint density at radius 1 is 0.913 bits per heavy atom. The number of aryl methyl sites for hydroxylation is 1. The third-order valence-corrected chi connectivity index (χ3v) is 4.97. The molecule has 130 valence electrons. The third kappa shape index (κ3) is 5.82. The van der Waals surface area contributed by atoms with Gasteiger partial charge in [-0.05, 0) is 69.8 Å². The van der Waals surface area contributed by atoms with E-state index in [4.69, 9.17) is 0 Å². The van der Waals surface area contributed by atoms with E-state index >= 15 is 0 Å². The van der Waals surface area contributed by atoms with Gasteiger partial charge in [0.05, 0.1) is 0 Å². The number of likely N-dealkylation sites (tertiary alicyclic amines) is 1. The molecule has 1 aromatic rings. The van der Waals surface area contributed by atoms with Gasteiger partial charge in [0, 0.05) is 39.0 Å². The Balaban J connectivity index is 0.000000595. The number of ether oxygens (including phenoxy) is 1. The summed E-state index contributed by atoms with van der Waals surface area (Å²) in [5, 5.41) is 0. The number of nitrogens with zero attached hydrogens (tertiary/aromatic N) is 2. The van der Waals surface area contributed by atoms with Crippen LogP contribution in [0.1, 0.15) is 44.1 Å². The number of hydrogen-bond acceptors (Lipinski definition) is 3. The molecule has 2 saturated heterocycles. The zero-order valence-corrected chi connectivity index (χ0v) is 15.3. The number of benzene rings is 1. The average Bonchev–Trinajstić information content (AvgIpc) is 2.82. The van der Waals surface area contributed by atoms with Crippen LogP contribution in [-0.2, 0) is 4.74 Å². The lowest BCUT2D eigenvalue weighted by Gasteiger charge is -2.34. The minimum Gasteiger partial charge on any atom is -0.388 e. The van der Waals surface area contributed by atoms with Gasteiger partial charge in [0.1, 0.15) is 0 Å². The van der Waals surface area contributed by atoms with Crippen LogP contribution in [0.25, 0.3) is 0 Å². The van der Waals surface area contributed by atoms with Gasteiger partial charge in [-0.25, -0.2) is 0 Å². The number of rotatable bonds is 2. The molecule has 1 unspecified atom stereocenters. The second kappa shape index (κ2) is 9.94. The Hall–Kier alpha value is -1.06. The molecule has 0 aromatic heterocycles. The largest absolute Gasteiger partial charge is 0.388 e. The van der Waals surface area contributed by atoms with E-state index in [9.17, 15) is 0 Å². The van der Waals surface area contributed by atoms with Gasteiger partial charge >= 0.3 is 0 Å². The second-order valence-electron chi connectivity index (χ2n) is 6.92. The maximum absolute atomic E-state index is 4.25. The fraction of sp³-hybridized carbons (Fsp3) is 0.700. The average molecular weight is 319 g/mol. The van der Waals surface area contributed by atoms with E-state index in [1.54, 1.807) is 14.2 Å². The molecular formula is C20H34N2O. The van der Waals surface area contributed by atoms with E-state index in [1.807, 2.05) is 0 Å². The number of anilines is 1. The van der Waals surface area contributed by atoms with E-state index < -0.39 is 0 Å². The van der Waals surface area contributed by atoms with Crippen molar-refractivity contribution in [3.8, 4) is 0 Å². The van der Waals surface area contributed by atoms with Gasteiger partial charge in [0.2, 0.25) is 0 Å². The third-order valence-electron chi connectivity index (χ3n) is 4.97. The molecule has 2 aliphatic rings. The Bertz CT molecular complexity index is 443. The first-order valence-electron chi connectivity index (χ1n) is 9.20. The first kappa shape index (κ1) is 18.3. The van der Waals surface area contributed by atoms with Crippen molar-refractivity contribution < 1.29 is 4.74 Å². The molecule has 3 nitrogen and oxygen atoms in total. The first-order valence-corrected chi connectivity index (χ1v) is 9.20. The van der Waals surface area contributed by atoms with Crippen molar-refractivity contribution in [2.75, 3.05) is 45.3 Å². The zero-order chi connectivity index (χ0) is 16.5. The fourth-order valence-corrected chi connectivity index (χ4v) is 3.81. The molecule has 2 heterocycles. The SMILES string of the molecule is COC.Cc1cccc(N2CCCC(N3CCCCC3)CC2)c1. The highest BCUT2D eigenvalue weighted by Crippen LogP contribution is 2.24. The summed E-state index contributed by atoms with van der Waals surface area (Å²) in [4.78, 5) is 5.36. The van der Waals surface area contributed by atoms with Crippen LogP contribution in [0.15, 0.2) is 24.3 Å². The van der Waals surface area contributed by atoms with Crippen molar-refractivity contribution in [3.63, 3.8) is 0 Å². The molecule has 0 amide bonds. The maximum Gasteiger partial charge on any atom is 0.0368 e. The summed E-state index contributed by atoms with van der Waals surface area (Å²) in [7, 11) is 3.25. The van der Waals surface area contributed by atoms with Crippen LogP contribution in [0.3, 0.4) is 0 Å². The van der Waals surface area contributed by atoms with Crippen molar-refractivity contribution in [1.82, 2.24) is 4.90 Å². The Kier molecular flexibility index (Phi) is 7.90. The first-order chi connectivity index (χ1) is 11.2. The highest BCUT2D eigenvalue weighted by atomic mass is 16.4. The summed E-state index contributed by atoms with van der Waals surface area (Å²) in [6, 6.07) is 9.83. The Labute approximate surface area is 142 Å². The Morgan fingerprint density at radius 3 is 2.35 bits per heavy atom. The topological polar surface area (TPSA) is 15.7 Å². The van der Waals surface area contributed by atoms with Gasteiger partial charge in [0.25, 0.3) is 0 Å². The van der Waals surface area contributed by atoms with Crippen molar-refractivity contribution in [1.29, 1.82) is 0 Å². The Morgan fingerprint density at radius 2 is 1.65 bits per heavy atom. The number of hydrogen-bond donors (Lipinski definition) is 0. The molecule has 3 rings (SSSR count). The summed E-state index contributed by atoms with van der Waals surface area (Å²) in [6.07, 6.45) is 8.35. The predicted molar refractivity (Wildman–Crippen MR) is 99.4 cm³/mol. The fourth-order valence-electron chi connectivity index (χ4n) is 3.81. The van der Waals surface area contributed by atoms with Gasteiger partial charge in [-0.15, -0.1) is 0 Å². The van der Waals surface area contributed by atoms with E-state index in [-0.39, 0.29) is 0 Å². The zero-order valence-electron chi connectivity index (χ0n) is 15.3. The van der Waals surface area contributed by atoms with Gasteiger partial charge in [-0.3, -0.25) is 0 Å². The van der Waals surface area contributed by atoms with Gasteiger partial charge < -0.3 is 14.5 Å². The molecule has 0 radical (unpaired) electrons. The van der Waals surface area contributed by atoms with Crippen LogP contribution in [0.2, 0.25) is 0 Å². The molecule has 1 atom stereocenters. The van der Waals surface area contributed by atoms with Crippen LogP contribution in [0.4, 0.5) is 5.69 Å². The molecule has 0 aliphatic carbocycles. The monoisotopic (exact) mass is 318 g/mol. The van der Waals surface area contributed by atoms with Crippen molar-refractivity contribution in [2.45, 2.75) is 51.5 Å². The lowest BCUT2D eigenvalue weighted by atomic mass is 10.0. The van der Waals surface area contributed by atoms with Gasteiger partial charge in [0.15, 0.2) is 0 Å². The molecule has 0 saturated carbocycles. The lowest BCUT2D eigenvalue weighted by Crippen LogP contribution is -2.39. The van der Waals surface area contributed by atoms with Crippen LogP contribution < -0.4 is 4.90 Å². The molecule has 3 heteroatoms. The van der Waals surface area contributed by atoms with E-state index in [0.717, 1.165) is 6.04 Å². The molecule has 0 spiro atoms. The van der Waals surface area contributed by atoms with Crippen LogP contribution in [-0.4, -0.2) is 51.3 Å². The summed E-state index contributed by atoms with van der Waals surface area (Å²) < 4.78 is 4.25. The quantitative estimate of drug-likeness (QED) is 0.816. The molecular weight excluding hydrogens is 284 g/mol. The molecule has 0 bridgehead atoms. The smallest absolute Gasteiger partial charge is 0.0368 e. The van der Waals surface area contributed by atoms with Crippen LogP contribution >= 0.6 is 0 Å². The van der Waals surface area contributed by atoms with E-state index in [0.29, 0.717) is 0 Å². The van der Waals surface area contributed by atoms with Crippen LogP contribution in [0, 0.1) is 6.92 Å². The maximum atomic E-state index is 4.25. The molecule has 0 N–H and O–H groups in total. The normalized spacial score (nSPS) is 22.9. The predicted octanol–water partition coefficient (Wildman–Crippen LogP) is 4.10. The number of piperidine rings is 1. The standard InChI is InChI=1S/C18H28N2.C2H6O/c1-16-7-5-8-18(15-16)20-13-6-9-17(10-14-20)19-11-3-2-4-12-19;1-3-2/h5,7-8,15,17H,2-4,6,9-14H2,1H3;1-2H3. The van der Waals surface area contributed by atoms with Gasteiger partial charge in [-0.1, -0.05) is 18.6 Å².